The fourth-order valence-electron chi connectivity index (χ4n) is 4.57. The van der Waals surface area contributed by atoms with Gasteiger partial charge >= 0.3 is 12.7 Å². The normalized spacial score (nSPS) is 12.1. The van der Waals surface area contributed by atoms with Crippen molar-refractivity contribution in [2.45, 2.75) is 24.6 Å². The Morgan fingerprint density at radius 2 is 1.19 bits per heavy atom. The van der Waals surface area contributed by atoms with Crippen LogP contribution in [0.2, 0.25) is 0 Å². The van der Waals surface area contributed by atoms with Crippen molar-refractivity contribution in [2.75, 3.05) is 6.54 Å². The summed E-state index contributed by atoms with van der Waals surface area (Å²) in [4.78, 5) is 13.0. The van der Waals surface area contributed by atoms with E-state index in [1.807, 2.05) is 0 Å². The zero-order valence-electron chi connectivity index (χ0n) is 21.4. The van der Waals surface area contributed by atoms with E-state index in [1.54, 1.807) is 30.3 Å². The molecule has 0 saturated heterocycles. The highest BCUT2D eigenvalue weighted by Gasteiger charge is 2.38. The van der Waals surface area contributed by atoms with Gasteiger partial charge in [0.2, 0.25) is 0 Å². The number of halogens is 8. The highest BCUT2D eigenvalue weighted by atomic mass is 19.4. The second-order valence-electron chi connectivity index (χ2n) is 9.18. The fourth-order valence-corrected chi connectivity index (χ4v) is 4.57. The van der Waals surface area contributed by atoms with E-state index in [-0.39, 0.29) is 17.5 Å². The lowest BCUT2D eigenvalue weighted by Crippen LogP contribution is -2.43. The minimum absolute atomic E-state index is 0.0648. The number of carbonyl (C=O) groups is 1. The molecule has 0 saturated carbocycles. The largest absolute Gasteiger partial charge is 0.573 e. The SMILES string of the molecule is O=C(NCC(Cc1ccccc1)(c1cccc(OC(F)(F)F)c1)c1cccc(OC(F)(F)F)c1)c1cccc(F)c1F. The van der Waals surface area contributed by atoms with Crippen molar-refractivity contribution in [2.24, 2.45) is 0 Å². The lowest BCUT2D eigenvalue weighted by atomic mass is 9.70. The lowest BCUT2D eigenvalue weighted by molar-refractivity contribution is -0.275. The second kappa shape index (κ2) is 12.1. The summed E-state index contributed by atoms with van der Waals surface area (Å²) < 4.78 is 115. The van der Waals surface area contributed by atoms with E-state index in [9.17, 15) is 39.9 Å². The second-order valence-corrected chi connectivity index (χ2v) is 9.18. The summed E-state index contributed by atoms with van der Waals surface area (Å²) in [6, 6.07) is 20.8. The molecule has 0 aliphatic heterocycles. The third-order valence-corrected chi connectivity index (χ3v) is 6.34. The first-order valence-corrected chi connectivity index (χ1v) is 12.2. The Kier molecular flexibility index (Phi) is 8.74. The van der Waals surface area contributed by atoms with Gasteiger partial charge in [-0.1, -0.05) is 60.7 Å². The third kappa shape index (κ3) is 7.56. The van der Waals surface area contributed by atoms with Gasteiger partial charge in [0.05, 0.1) is 5.56 Å². The van der Waals surface area contributed by atoms with Gasteiger partial charge in [0.25, 0.3) is 5.91 Å². The van der Waals surface area contributed by atoms with Crippen molar-refractivity contribution < 1.29 is 49.4 Å². The smallest absolute Gasteiger partial charge is 0.406 e. The molecule has 0 aliphatic rings. The Morgan fingerprint density at radius 3 is 1.71 bits per heavy atom. The average Bonchev–Trinajstić information content (AvgIpc) is 2.91. The van der Waals surface area contributed by atoms with Crippen molar-refractivity contribution in [3.63, 3.8) is 0 Å². The van der Waals surface area contributed by atoms with Crippen LogP contribution in [0.1, 0.15) is 27.0 Å². The number of hydrogen-bond donors (Lipinski definition) is 1. The van der Waals surface area contributed by atoms with E-state index in [0.717, 1.165) is 42.5 Å². The topological polar surface area (TPSA) is 47.6 Å². The van der Waals surface area contributed by atoms with Gasteiger partial charge in [-0.25, -0.2) is 8.78 Å². The number of ether oxygens (including phenoxy) is 2. The first-order chi connectivity index (χ1) is 19.8. The third-order valence-electron chi connectivity index (χ3n) is 6.34. The maximum atomic E-state index is 14.4. The molecule has 4 aromatic rings. The van der Waals surface area contributed by atoms with Gasteiger partial charge < -0.3 is 14.8 Å². The van der Waals surface area contributed by atoms with Crippen molar-refractivity contribution in [1.29, 1.82) is 0 Å². The van der Waals surface area contributed by atoms with Gasteiger partial charge in [-0.15, -0.1) is 26.3 Å². The van der Waals surface area contributed by atoms with E-state index in [0.29, 0.717) is 5.56 Å². The Balaban J connectivity index is 1.89. The van der Waals surface area contributed by atoms with Gasteiger partial charge in [-0.05, 0) is 59.5 Å². The maximum absolute atomic E-state index is 14.4. The summed E-state index contributed by atoms with van der Waals surface area (Å²) in [5, 5.41) is 2.49. The van der Waals surface area contributed by atoms with Crippen molar-refractivity contribution >= 4 is 5.91 Å². The van der Waals surface area contributed by atoms with Crippen molar-refractivity contribution in [3.8, 4) is 11.5 Å². The number of hydrogen-bond acceptors (Lipinski definition) is 3. The highest BCUT2D eigenvalue weighted by Crippen LogP contribution is 2.40. The summed E-state index contributed by atoms with van der Waals surface area (Å²) in [5.74, 6) is -5.02. The van der Waals surface area contributed by atoms with Crippen LogP contribution in [0.3, 0.4) is 0 Å². The fraction of sp³-hybridized carbons (Fsp3) is 0.167. The molecule has 0 atom stereocenters. The molecule has 0 radical (unpaired) electrons. The molecular formula is C30H21F8NO3. The molecule has 0 unspecified atom stereocenters. The van der Waals surface area contributed by atoms with Crippen LogP contribution in [0.15, 0.2) is 97.1 Å². The van der Waals surface area contributed by atoms with E-state index >= 15 is 0 Å². The van der Waals surface area contributed by atoms with Crippen molar-refractivity contribution in [1.82, 2.24) is 5.32 Å². The Morgan fingerprint density at radius 1 is 0.667 bits per heavy atom. The minimum Gasteiger partial charge on any atom is -0.406 e. The molecule has 12 heteroatoms. The van der Waals surface area contributed by atoms with Gasteiger partial charge in [0, 0.05) is 12.0 Å². The standard InChI is InChI=1S/C30H21F8NO3/c31-25-14-6-13-24(26(25)32)27(40)39-18-28(17-19-7-2-1-3-8-19,20-9-4-11-22(15-20)41-29(33,34)35)21-10-5-12-23(16-21)42-30(36,37)38/h1-16H,17-18H2,(H,39,40). The van der Waals surface area contributed by atoms with Gasteiger partial charge in [0.1, 0.15) is 11.5 Å². The summed E-state index contributed by atoms with van der Waals surface area (Å²) in [5.41, 5.74) is -1.41. The maximum Gasteiger partial charge on any atom is 0.573 e. The summed E-state index contributed by atoms with van der Waals surface area (Å²) in [7, 11) is 0. The molecule has 1 amide bonds. The number of benzene rings is 4. The molecule has 0 spiro atoms. The predicted octanol–water partition coefficient (Wildman–Crippen LogP) is 7.72. The Labute approximate surface area is 234 Å². The highest BCUT2D eigenvalue weighted by molar-refractivity contribution is 5.94. The first-order valence-electron chi connectivity index (χ1n) is 12.2. The van der Waals surface area contributed by atoms with Gasteiger partial charge in [-0.3, -0.25) is 4.79 Å². The summed E-state index contributed by atoms with van der Waals surface area (Å²) in [6.45, 7) is -0.471. The van der Waals surface area contributed by atoms with Crippen LogP contribution in [0.25, 0.3) is 0 Å². The number of carbonyl (C=O) groups excluding carboxylic acids is 1. The molecule has 0 heterocycles. The molecule has 0 fully saturated rings. The number of alkyl halides is 6. The van der Waals surface area contributed by atoms with Gasteiger partial charge in [0.15, 0.2) is 11.6 Å². The van der Waals surface area contributed by atoms with Crippen LogP contribution < -0.4 is 14.8 Å². The molecule has 1 N–H and O–H groups in total. The summed E-state index contributed by atoms with van der Waals surface area (Å²) in [6.07, 6.45) is -10.2. The lowest BCUT2D eigenvalue weighted by Gasteiger charge is -2.36. The molecule has 4 aromatic carbocycles. The summed E-state index contributed by atoms with van der Waals surface area (Å²) >= 11 is 0. The molecule has 220 valence electrons. The van der Waals surface area contributed by atoms with E-state index < -0.39 is 59.3 Å². The number of rotatable bonds is 9. The van der Waals surface area contributed by atoms with E-state index in [1.165, 1.54) is 24.3 Å². The average molecular weight is 595 g/mol. The van der Waals surface area contributed by atoms with Crippen LogP contribution >= 0.6 is 0 Å². The van der Waals surface area contributed by atoms with Gasteiger partial charge in [-0.2, -0.15) is 0 Å². The molecule has 0 aliphatic carbocycles. The Hall–Kier alpha value is -4.61. The van der Waals surface area contributed by atoms with E-state index in [2.05, 4.69) is 14.8 Å². The van der Waals surface area contributed by atoms with Crippen LogP contribution in [0, 0.1) is 11.6 Å². The van der Waals surface area contributed by atoms with Crippen molar-refractivity contribution in [3.05, 3.63) is 131 Å². The molecule has 4 rings (SSSR count). The van der Waals surface area contributed by atoms with Crippen LogP contribution in [-0.4, -0.2) is 25.2 Å². The molecule has 4 nitrogen and oxygen atoms in total. The number of amides is 1. The zero-order valence-corrected chi connectivity index (χ0v) is 21.4. The predicted molar refractivity (Wildman–Crippen MR) is 136 cm³/mol. The quantitative estimate of drug-likeness (QED) is 0.202. The van der Waals surface area contributed by atoms with Crippen LogP contribution in [0.4, 0.5) is 35.1 Å². The molecule has 0 aromatic heterocycles. The number of nitrogens with one attached hydrogen (secondary N) is 1. The first kappa shape index (κ1) is 30.4. The monoisotopic (exact) mass is 595 g/mol. The van der Waals surface area contributed by atoms with Crippen LogP contribution in [0.5, 0.6) is 11.5 Å². The minimum atomic E-state index is -5.05. The molecule has 0 bridgehead atoms. The van der Waals surface area contributed by atoms with E-state index in [4.69, 9.17) is 0 Å². The Bertz CT molecular complexity index is 1480. The molecular weight excluding hydrogens is 574 g/mol. The zero-order chi connectivity index (χ0) is 30.5. The molecule has 42 heavy (non-hydrogen) atoms. The van der Waals surface area contributed by atoms with Crippen LogP contribution in [-0.2, 0) is 11.8 Å².